The summed E-state index contributed by atoms with van der Waals surface area (Å²) in [4.78, 5) is 12.4. The van der Waals surface area contributed by atoms with Gasteiger partial charge in [0.25, 0.3) is 0 Å². The predicted octanol–water partition coefficient (Wildman–Crippen LogP) is 0.614. The summed E-state index contributed by atoms with van der Waals surface area (Å²) < 4.78 is 32.4. The minimum Gasteiger partial charge on any atom is -0.480 e. The van der Waals surface area contributed by atoms with E-state index in [1.54, 1.807) is 11.9 Å². The second-order valence-corrected chi connectivity index (χ2v) is 8.74. The number of carbonyl (C=O) groups is 1. The minimum atomic E-state index is -3.26. The average Bonchev–Trinajstić information content (AvgIpc) is 2.47. The first-order chi connectivity index (χ1) is 10.9. The molecule has 7 nitrogen and oxygen atoms in total. The highest BCUT2D eigenvalue weighted by Crippen LogP contribution is 2.26. The number of ether oxygens (including phenoxy) is 1. The van der Waals surface area contributed by atoms with Crippen molar-refractivity contribution < 1.29 is 23.1 Å². The molecule has 1 unspecified atom stereocenters. The summed E-state index contributed by atoms with van der Waals surface area (Å²) >= 11 is 0. The lowest BCUT2D eigenvalue weighted by atomic mass is 9.91. The van der Waals surface area contributed by atoms with E-state index in [0.29, 0.717) is 26.2 Å². The summed E-state index contributed by atoms with van der Waals surface area (Å²) in [6, 6.07) is 0. The van der Waals surface area contributed by atoms with Crippen LogP contribution in [0.2, 0.25) is 0 Å². The third-order valence-corrected chi connectivity index (χ3v) is 6.60. The Labute approximate surface area is 138 Å². The van der Waals surface area contributed by atoms with Crippen LogP contribution in [0.15, 0.2) is 0 Å². The maximum absolute atomic E-state index is 12.6. The minimum absolute atomic E-state index is 0.0747. The van der Waals surface area contributed by atoms with Crippen molar-refractivity contribution in [2.24, 2.45) is 5.92 Å². The number of carboxylic acids is 1. The van der Waals surface area contributed by atoms with Crippen molar-refractivity contribution in [2.45, 2.75) is 38.2 Å². The molecule has 8 heteroatoms. The highest BCUT2D eigenvalue weighted by Gasteiger charge is 2.32. The fourth-order valence-corrected chi connectivity index (χ4v) is 5.34. The second-order valence-electron chi connectivity index (χ2n) is 6.72. The SMILES string of the molecule is CN(CC(=O)O)CC1CN(S(=O)(=O)CC2CCCCC2)CCO1. The van der Waals surface area contributed by atoms with Crippen molar-refractivity contribution in [3.63, 3.8) is 0 Å². The topological polar surface area (TPSA) is 87.2 Å². The lowest BCUT2D eigenvalue weighted by Crippen LogP contribution is -2.50. The van der Waals surface area contributed by atoms with Crippen LogP contribution in [0.25, 0.3) is 0 Å². The van der Waals surface area contributed by atoms with Crippen molar-refractivity contribution in [2.75, 3.05) is 45.6 Å². The van der Waals surface area contributed by atoms with Crippen LogP contribution in [-0.2, 0) is 19.6 Å². The molecule has 1 aliphatic heterocycles. The van der Waals surface area contributed by atoms with E-state index < -0.39 is 16.0 Å². The molecule has 1 heterocycles. The van der Waals surface area contributed by atoms with Crippen molar-refractivity contribution in [1.29, 1.82) is 0 Å². The van der Waals surface area contributed by atoms with Gasteiger partial charge in [0.05, 0.1) is 25.0 Å². The summed E-state index contributed by atoms with van der Waals surface area (Å²) in [7, 11) is -1.55. The molecule has 1 N–H and O–H groups in total. The van der Waals surface area contributed by atoms with Gasteiger partial charge in [0.1, 0.15) is 0 Å². The van der Waals surface area contributed by atoms with E-state index in [9.17, 15) is 13.2 Å². The molecule has 1 atom stereocenters. The van der Waals surface area contributed by atoms with Crippen molar-refractivity contribution in [3.8, 4) is 0 Å². The van der Waals surface area contributed by atoms with Crippen LogP contribution in [0.4, 0.5) is 0 Å². The highest BCUT2D eigenvalue weighted by atomic mass is 32.2. The molecule has 1 saturated carbocycles. The van der Waals surface area contributed by atoms with Crippen LogP contribution in [0.3, 0.4) is 0 Å². The lowest BCUT2D eigenvalue weighted by molar-refractivity contribution is -0.138. The molecule has 134 valence electrons. The molecule has 0 aromatic heterocycles. The molecular formula is C15H28N2O5S. The molecule has 0 radical (unpaired) electrons. The molecule has 2 fully saturated rings. The Bertz CT molecular complexity index is 490. The van der Waals surface area contributed by atoms with Gasteiger partial charge in [-0.3, -0.25) is 9.69 Å². The molecule has 0 aromatic rings. The van der Waals surface area contributed by atoms with Gasteiger partial charge in [-0.1, -0.05) is 19.3 Å². The van der Waals surface area contributed by atoms with E-state index in [0.717, 1.165) is 25.7 Å². The smallest absolute Gasteiger partial charge is 0.317 e. The summed E-state index contributed by atoms with van der Waals surface area (Å²) in [6.45, 7) is 1.43. The van der Waals surface area contributed by atoms with E-state index in [4.69, 9.17) is 9.84 Å². The maximum atomic E-state index is 12.6. The zero-order chi connectivity index (χ0) is 16.9. The number of likely N-dealkylation sites (N-methyl/N-ethyl adjacent to an activating group) is 1. The number of hydrogen-bond donors (Lipinski definition) is 1. The molecule has 0 spiro atoms. The molecule has 0 aromatic carbocycles. The average molecular weight is 348 g/mol. The van der Waals surface area contributed by atoms with Crippen LogP contribution in [0, 0.1) is 5.92 Å². The van der Waals surface area contributed by atoms with Crippen molar-refractivity contribution in [1.82, 2.24) is 9.21 Å². The molecule has 0 bridgehead atoms. The zero-order valence-corrected chi connectivity index (χ0v) is 14.6. The largest absolute Gasteiger partial charge is 0.480 e. The van der Waals surface area contributed by atoms with Crippen molar-refractivity contribution in [3.05, 3.63) is 0 Å². The fraction of sp³-hybridized carbons (Fsp3) is 0.933. The first-order valence-corrected chi connectivity index (χ1v) is 9.97. The Balaban J connectivity index is 1.87. The summed E-state index contributed by atoms with van der Waals surface area (Å²) in [5.74, 6) is -0.375. The van der Waals surface area contributed by atoms with Gasteiger partial charge in [-0.25, -0.2) is 8.42 Å². The van der Waals surface area contributed by atoms with E-state index in [2.05, 4.69) is 0 Å². The number of hydrogen-bond acceptors (Lipinski definition) is 5. The predicted molar refractivity (Wildman–Crippen MR) is 86.8 cm³/mol. The molecule has 0 amide bonds. The van der Waals surface area contributed by atoms with Crippen LogP contribution in [0.5, 0.6) is 0 Å². The molecule has 2 aliphatic rings. The number of nitrogens with zero attached hydrogens (tertiary/aromatic N) is 2. The Morgan fingerprint density at radius 2 is 2.00 bits per heavy atom. The number of morpholine rings is 1. The highest BCUT2D eigenvalue weighted by molar-refractivity contribution is 7.89. The van der Waals surface area contributed by atoms with E-state index in [1.807, 2.05) is 0 Å². The standard InChI is InChI=1S/C15H28N2O5S/c1-16(11-15(18)19)9-14-10-17(7-8-22-14)23(20,21)12-13-5-3-2-4-6-13/h13-14H,2-12H2,1H3,(H,18,19). The molecule has 1 saturated heterocycles. The lowest BCUT2D eigenvalue weighted by Gasteiger charge is -2.35. The van der Waals surface area contributed by atoms with Crippen molar-refractivity contribution >= 4 is 16.0 Å². The quantitative estimate of drug-likeness (QED) is 0.725. The number of rotatable bonds is 7. The number of aliphatic carboxylic acids is 1. The van der Waals surface area contributed by atoms with Crippen LogP contribution in [-0.4, -0.2) is 80.4 Å². The van der Waals surface area contributed by atoms with Crippen LogP contribution >= 0.6 is 0 Å². The molecule has 23 heavy (non-hydrogen) atoms. The van der Waals surface area contributed by atoms with Gasteiger partial charge in [-0.05, 0) is 25.8 Å². The van der Waals surface area contributed by atoms with Gasteiger partial charge in [0.2, 0.25) is 10.0 Å². The number of carboxylic acid groups (broad SMARTS) is 1. The summed E-state index contributed by atoms with van der Waals surface area (Å²) in [5, 5.41) is 8.79. The number of sulfonamides is 1. The van der Waals surface area contributed by atoms with Gasteiger partial charge in [0, 0.05) is 19.6 Å². The maximum Gasteiger partial charge on any atom is 0.317 e. The molecule has 1 aliphatic carbocycles. The first-order valence-electron chi connectivity index (χ1n) is 8.36. The first kappa shape index (κ1) is 18.6. The second kappa shape index (κ2) is 8.41. The molecular weight excluding hydrogens is 320 g/mol. The zero-order valence-electron chi connectivity index (χ0n) is 13.8. The normalized spacial score (nSPS) is 24.9. The van der Waals surface area contributed by atoms with Crippen LogP contribution < -0.4 is 0 Å². The van der Waals surface area contributed by atoms with Gasteiger partial charge in [0.15, 0.2) is 0 Å². The monoisotopic (exact) mass is 348 g/mol. The van der Waals surface area contributed by atoms with E-state index >= 15 is 0 Å². The summed E-state index contributed by atoms with van der Waals surface area (Å²) in [6.07, 6.45) is 5.22. The third-order valence-electron chi connectivity index (χ3n) is 4.59. The Hall–Kier alpha value is -0.700. The van der Waals surface area contributed by atoms with Gasteiger partial charge in [-0.2, -0.15) is 4.31 Å². The Kier molecular flexibility index (Phi) is 6.82. The van der Waals surface area contributed by atoms with Gasteiger partial charge >= 0.3 is 5.97 Å². The molecule has 2 rings (SSSR count). The third kappa shape index (κ3) is 6.02. The Morgan fingerprint density at radius 1 is 1.30 bits per heavy atom. The van der Waals surface area contributed by atoms with Gasteiger partial charge < -0.3 is 9.84 Å². The van der Waals surface area contributed by atoms with Crippen LogP contribution in [0.1, 0.15) is 32.1 Å². The fourth-order valence-electron chi connectivity index (χ4n) is 3.46. The Morgan fingerprint density at radius 3 is 2.65 bits per heavy atom. The van der Waals surface area contributed by atoms with Gasteiger partial charge in [-0.15, -0.1) is 0 Å². The summed E-state index contributed by atoms with van der Waals surface area (Å²) in [5.41, 5.74) is 0. The van der Waals surface area contributed by atoms with E-state index in [-0.39, 0.29) is 24.3 Å². The van der Waals surface area contributed by atoms with E-state index in [1.165, 1.54) is 10.7 Å².